The SMILES string of the molecule is O=C(Cc1c[nH]c2cc(F)ccc12)N1CCO[C@@H](CN2C(=O)c3ccccc3C2=O)C1. The molecule has 1 saturated heterocycles. The Bertz CT molecular complexity index is 1170. The number of carbonyl (C=O) groups excluding carboxylic acids is 3. The molecule has 3 aromatic rings. The number of nitrogens with one attached hydrogen (secondary N) is 1. The zero-order chi connectivity index (χ0) is 21.5. The summed E-state index contributed by atoms with van der Waals surface area (Å²) >= 11 is 0. The van der Waals surface area contributed by atoms with Gasteiger partial charge in [0.05, 0.1) is 36.8 Å². The lowest BCUT2D eigenvalue weighted by Gasteiger charge is -2.34. The van der Waals surface area contributed by atoms with E-state index in [1.54, 1.807) is 41.4 Å². The van der Waals surface area contributed by atoms with E-state index in [1.807, 2.05) is 0 Å². The zero-order valence-corrected chi connectivity index (χ0v) is 16.6. The van der Waals surface area contributed by atoms with E-state index in [0.29, 0.717) is 36.3 Å². The van der Waals surface area contributed by atoms with Crippen molar-refractivity contribution in [2.75, 3.05) is 26.2 Å². The van der Waals surface area contributed by atoms with Crippen LogP contribution in [0.3, 0.4) is 0 Å². The number of aromatic nitrogens is 1. The third-order valence-corrected chi connectivity index (χ3v) is 5.83. The molecule has 2 aromatic carbocycles. The molecule has 3 amide bonds. The van der Waals surface area contributed by atoms with Crippen molar-refractivity contribution >= 4 is 28.6 Å². The number of hydrogen-bond acceptors (Lipinski definition) is 4. The number of aromatic amines is 1. The van der Waals surface area contributed by atoms with Gasteiger partial charge in [-0.25, -0.2) is 4.39 Å². The van der Waals surface area contributed by atoms with Crippen molar-refractivity contribution in [2.45, 2.75) is 12.5 Å². The molecule has 1 fully saturated rings. The first-order valence-electron chi connectivity index (χ1n) is 10.1. The average molecular weight is 421 g/mol. The van der Waals surface area contributed by atoms with Gasteiger partial charge < -0.3 is 14.6 Å². The van der Waals surface area contributed by atoms with Crippen LogP contribution in [0.2, 0.25) is 0 Å². The molecule has 2 aliphatic heterocycles. The highest BCUT2D eigenvalue weighted by atomic mass is 19.1. The standard InChI is InChI=1S/C23H20FN3O4/c24-15-5-6-17-14(11-25-20(17)10-15)9-21(28)26-7-8-31-16(12-26)13-27-22(29)18-3-1-2-4-19(18)23(27)30/h1-6,10-11,16,25H,7-9,12-13H2/t16-/m1/s1. The second-order valence-corrected chi connectivity index (χ2v) is 7.78. The minimum absolute atomic E-state index is 0.0825. The number of rotatable bonds is 4. The molecule has 0 saturated carbocycles. The number of imide groups is 1. The fraction of sp³-hybridized carbons (Fsp3) is 0.261. The second kappa shape index (κ2) is 7.63. The van der Waals surface area contributed by atoms with Crippen molar-refractivity contribution in [1.29, 1.82) is 0 Å². The van der Waals surface area contributed by atoms with Crippen LogP contribution in [0, 0.1) is 5.82 Å². The fourth-order valence-electron chi connectivity index (χ4n) is 4.24. The lowest BCUT2D eigenvalue weighted by atomic mass is 10.1. The monoisotopic (exact) mass is 421 g/mol. The first-order chi connectivity index (χ1) is 15.0. The molecule has 31 heavy (non-hydrogen) atoms. The van der Waals surface area contributed by atoms with E-state index in [9.17, 15) is 18.8 Å². The van der Waals surface area contributed by atoms with Gasteiger partial charge in [0, 0.05) is 30.2 Å². The molecule has 2 aliphatic rings. The van der Waals surface area contributed by atoms with Crippen molar-refractivity contribution in [3.63, 3.8) is 0 Å². The summed E-state index contributed by atoms with van der Waals surface area (Å²) in [5, 5.41) is 0.811. The Morgan fingerprint density at radius 3 is 2.61 bits per heavy atom. The van der Waals surface area contributed by atoms with Gasteiger partial charge in [0.1, 0.15) is 5.82 Å². The smallest absolute Gasteiger partial charge is 0.261 e. The number of carbonyl (C=O) groups is 3. The van der Waals surface area contributed by atoms with Gasteiger partial charge in [-0.15, -0.1) is 0 Å². The molecular formula is C23H20FN3O4. The fourth-order valence-corrected chi connectivity index (χ4v) is 4.24. The number of fused-ring (bicyclic) bond motifs is 2. The van der Waals surface area contributed by atoms with E-state index >= 15 is 0 Å². The lowest BCUT2D eigenvalue weighted by Crippen LogP contribution is -2.50. The number of nitrogens with zero attached hydrogens (tertiary/aromatic N) is 2. The van der Waals surface area contributed by atoms with E-state index in [-0.39, 0.29) is 36.5 Å². The van der Waals surface area contributed by atoms with Crippen molar-refractivity contribution < 1.29 is 23.5 Å². The van der Waals surface area contributed by atoms with Gasteiger partial charge in [0.25, 0.3) is 11.8 Å². The van der Waals surface area contributed by atoms with Crippen molar-refractivity contribution in [3.05, 3.63) is 71.2 Å². The Morgan fingerprint density at radius 2 is 1.87 bits per heavy atom. The lowest BCUT2D eigenvalue weighted by molar-refractivity contribution is -0.138. The number of amides is 3. The molecule has 1 N–H and O–H groups in total. The van der Waals surface area contributed by atoms with Crippen LogP contribution in [-0.2, 0) is 16.0 Å². The minimum Gasteiger partial charge on any atom is -0.373 e. The van der Waals surface area contributed by atoms with Gasteiger partial charge in [-0.2, -0.15) is 0 Å². The summed E-state index contributed by atoms with van der Waals surface area (Å²) in [5.41, 5.74) is 2.23. The number of halogens is 1. The number of ether oxygens (including phenoxy) is 1. The molecule has 3 heterocycles. The minimum atomic E-state index is -0.447. The largest absolute Gasteiger partial charge is 0.373 e. The highest BCUT2D eigenvalue weighted by Crippen LogP contribution is 2.24. The first-order valence-corrected chi connectivity index (χ1v) is 10.1. The highest BCUT2D eigenvalue weighted by Gasteiger charge is 2.37. The summed E-state index contributed by atoms with van der Waals surface area (Å²) in [4.78, 5) is 44.0. The van der Waals surface area contributed by atoms with E-state index in [4.69, 9.17) is 4.74 Å². The predicted octanol–water partition coefficient (Wildman–Crippen LogP) is 2.37. The summed E-state index contributed by atoms with van der Waals surface area (Å²) in [6.07, 6.45) is 1.45. The van der Waals surface area contributed by atoms with Crippen LogP contribution < -0.4 is 0 Å². The molecule has 0 radical (unpaired) electrons. The van der Waals surface area contributed by atoms with Crippen LogP contribution in [0.1, 0.15) is 26.3 Å². The molecular weight excluding hydrogens is 401 g/mol. The molecule has 1 aromatic heterocycles. The maximum absolute atomic E-state index is 13.4. The Hall–Kier alpha value is -3.52. The molecule has 0 unspecified atom stereocenters. The Morgan fingerprint density at radius 1 is 1.13 bits per heavy atom. The van der Waals surface area contributed by atoms with Gasteiger partial charge in [-0.05, 0) is 35.9 Å². The molecule has 7 nitrogen and oxygen atoms in total. The third kappa shape index (κ3) is 3.48. The van der Waals surface area contributed by atoms with Crippen LogP contribution in [0.25, 0.3) is 10.9 Å². The highest BCUT2D eigenvalue weighted by molar-refractivity contribution is 6.21. The third-order valence-electron chi connectivity index (χ3n) is 5.83. The van der Waals surface area contributed by atoms with Crippen molar-refractivity contribution in [3.8, 4) is 0 Å². The number of hydrogen-bond donors (Lipinski definition) is 1. The van der Waals surface area contributed by atoms with Gasteiger partial charge >= 0.3 is 0 Å². The Labute approximate surface area is 177 Å². The summed E-state index contributed by atoms with van der Waals surface area (Å²) in [7, 11) is 0. The molecule has 0 aliphatic carbocycles. The maximum Gasteiger partial charge on any atom is 0.261 e. The van der Waals surface area contributed by atoms with Gasteiger partial charge in [-0.1, -0.05) is 12.1 Å². The second-order valence-electron chi connectivity index (χ2n) is 7.78. The quantitative estimate of drug-likeness (QED) is 0.656. The van der Waals surface area contributed by atoms with Crippen LogP contribution in [-0.4, -0.2) is 64.9 Å². The average Bonchev–Trinajstić information content (AvgIpc) is 3.28. The number of morpholine rings is 1. The number of benzene rings is 2. The predicted molar refractivity (Wildman–Crippen MR) is 110 cm³/mol. The normalized spacial score (nSPS) is 18.7. The molecule has 158 valence electrons. The van der Waals surface area contributed by atoms with Crippen LogP contribution in [0.5, 0.6) is 0 Å². The molecule has 0 spiro atoms. The topological polar surface area (TPSA) is 82.7 Å². The summed E-state index contributed by atoms with van der Waals surface area (Å²) < 4.78 is 19.1. The van der Waals surface area contributed by atoms with E-state index in [1.165, 1.54) is 17.0 Å². The van der Waals surface area contributed by atoms with Crippen LogP contribution in [0.4, 0.5) is 4.39 Å². The van der Waals surface area contributed by atoms with Gasteiger partial charge in [0.15, 0.2) is 0 Å². The van der Waals surface area contributed by atoms with Crippen LogP contribution >= 0.6 is 0 Å². The summed E-state index contributed by atoms with van der Waals surface area (Å²) in [6, 6.07) is 11.2. The Balaban J connectivity index is 1.26. The van der Waals surface area contributed by atoms with Crippen LogP contribution in [0.15, 0.2) is 48.7 Å². The molecule has 5 rings (SSSR count). The van der Waals surface area contributed by atoms with Crippen molar-refractivity contribution in [1.82, 2.24) is 14.8 Å². The summed E-state index contributed by atoms with van der Waals surface area (Å²) in [6.45, 7) is 1.17. The van der Waals surface area contributed by atoms with E-state index < -0.39 is 6.10 Å². The van der Waals surface area contributed by atoms with E-state index in [2.05, 4.69) is 4.98 Å². The maximum atomic E-state index is 13.4. The first kappa shape index (κ1) is 19.4. The van der Waals surface area contributed by atoms with Gasteiger partial charge in [-0.3, -0.25) is 19.3 Å². The molecule has 0 bridgehead atoms. The van der Waals surface area contributed by atoms with E-state index in [0.717, 1.165) is 10.9 Å². The Kier molecular flexibility index (Phi) is 4.78. The molecule has 1 atom stereocenters. The van der Waals surface area contributed by atoms with Gasteiger partial charge in [0.2, 0.25) is 5.91 Å². The van der Waals surface area contributed by atoms with Crippen molar-refractivity contribution in [2.24, 2.45) is 0 Å². The zero-order valence-electron chi connectivity index (χ0n) is 16.6. The number of H-pyrrole nitrogens is 1. The molecule has 8 heteroatoms. The summed E-state index contributed by atoms with van der Waals surface area (Å²) in [5.74, 6) is -1.09.